The number of likely N-dealkylation sites (N-methyl/N-ethyl adjacent to an activating group) is 1. The first-order valence-corrected chi connectivity index (χ1v) is 13.2. The average Bonchev–Trinajstić information content (AvgIpc) is 3.17. The number of pyridine rings is 1. The lowest BCUT2D eigenvalue weighted by atomic mass is 9.87. The molecule has 0 unspecified atom stereocenters. The van der Waals surface area contributed by atoms with Gasteiger partial charge in [-0.1, -0.05) is 46.8 Å². The highest BCUT2D eigenvalue weighted by Crippen LogP contribution is 2.30. The molecule has 0 atom stereocenters. The minimum absolute atomic E-state index is 0.0663. The number of aromatic nitrogens is 3. The van der Waals surface area contributed by atoms with Gasteiger partial charge in [0.25, 0.3) is 0 Å². The van der Waals surface area contributed by atoms with Gasteiger partial charge in [0, 0.05) is 31.1 Å². The Kier molecular flexibility index (Phi) is 8.32. The molecule has 0 spiro atoms. The van der Waals surface area contributed by atoms with E-state index in [4.69, 9.17) is 9.72 Å². The number of carbonyl (C=O) groups excluding carboxylic acids is 1. The molecule has 0 fully saturated rings. The molecule has 38 heavy (non-hydrogen) atoms. The highest BCUT2D eigenvalue weighted by molar-refractivity contribution is 5.91. The van der Waals surface area contributed by atoms with Crippen LogP contribution in [0.5, 0.6) is 11.5 Å². The average molecular weight is 515 g/mol. The van der Waals surface area contributed by atoms with Crippen LogP contribution in [0.4, 0.5) is 17.5 Å². The summed E-state index contributed by atoms with van der Waals surface area (Å²) in [4.78, 5) is 23.6. The van der Waals surface area contributed by atoms with Gasteiger partial charge >= 0.3 is 0 Å². The summed E-state index contributed by atoms with van der Waals surface area (Å²) in [6.45, 7) is 12.8. The lowest BCUT2D eigenvalue weighted by Gasteiger charge is -2.20. The van der Waals surface area contributed by atoms with Crippen molar-refractivity contribution in [1.82, 2.24) is 19.4 Å². The molecule has 2 aromatic carbocycles. The third-order valence-electron chi connectivity index (χ3n) is 6.43. The number of nitrogens with one attached hydrogen (secondary N) is 2. The van der Waals surface area contributed by atoms with E-state index < -0.39 is 0 Å². The fourth-order valence-corrected chi connectivity index (χ4v) is 4.28. The number of hydrogen-bond donors (Lipinski definition) is 2. The van der Waals surface area contributed by atoms with Crippen molar-refractivity contribution < 1.29 is 9.53 Å². The highest BCUT2D eigenvalue weighted by Gasteiger charge is 2.15. The molecule has 1 amide bonds. The monoisotopic (exact) mass is 514 g/mol. The van der Waals surface area contributed by atoms with E-state index in [2.05, 4.69) is 73.3 Å². The van der Waals surface area contributed by atoms with Gasteiger partial charge in [0.05, 0.1) is 17.6 Å². The summed E-state index contributed by atoms with van der Waals surface area (Å²) < 4.78 is 8.13. The summed E-state index contributed by atoms with van der Waals surface area (Å²) in [5.41, 5.74) is 4.13. The molecule has 0 bridgehead atoms. The van der Waals surface area contributed by atoms with E-state index in [1.807, 2.05) is 35.9 Å². The van der Waals surface area contributed by atoms with E-state index in [1.54, 1.807) is 18.3 Å². The van der Waals surface area contributed by atoms with Crippen LogP contribution in [-0.2, 0) is 17.3 Å². The number of benzene rings is 2. The van der Waals surface area contributed by atoms with E-state index in [0.29, 0.717) is 23.9 Å². The second-order valence-electron chi connectivity index (χ2n) is 10.5. The van der Waals surface area contributed by atoms with Gasteiger partial charge in [0.2, 0.25) is 11.9 Å². The smallest absolute Gasteiger partial charge is 0.239 e. The van der Waals surface area contributed by atoms with E-state index in [-0.39, 0.29) is 11.3 Å². The van der Waals surface area contributed by atoms with Crippen molar-refractivity contribution in [3.8, 4) is 11.5 Å². The normalized spacial score (nSPS) is 11.7. The number of hydrogen-bond acceptors (Lipinski definition) is 6. The molecule has 0 saturated heterocycles. The summed E-state index contributed by atoms with van der Waals surface area (Å²) in [6, 6.07) is 17.7. The van der Waals surface area contributed by atoms with E-state index in [1.165, 1.54) is 5.56 Å². The van der Waals surface area contributed by atoms with Crippen molar-refractivity contribution in [2.45, 2.75) is 46.5 Å². The van der Waals surface area contributed by atoms with Gasteiger partial charge in [-0.25, -0.2) is 9.97 Å². The van der Waals surface area contributed by atoms with Gasteiger partial charge in [0.15, 0.2) is 0 Å². The molecule has 0 saturated carbocycles. The molecule has 8 nitrogen and oxygen atoms in total. The molecule has 8 heteroatoms. The Morgan fingerprint density at radius 3 is 2.58 bits per heavy atom. The minimum Gasteiger partial charge on any atom is -0.457 e. The van der Waals surface area contributed by atoms with E-state index >= 15 is 0 Å². The number of nitrogens with zero attached hydrogens (tertiary/aromatic N) is 4. The predicted molar refractivity (Wildman–Crippen MR) is 154 cm³/mol. The SMILES string of the molecule is CCCN(CC)CC(=O)Nc1cc(Oc2ccc3c(c2)nc(Nc2cccc(C(C)(C)C)c2)n3C)ccn1. The largest absolute Gasteiger partial charge is 0.457 e. The Balaban J connectivity index is 1.47. The van der Waals surface area contributed by atoms with Crippen LogP contribution in [-0.4, -0.2) is 45.0 Å². The van der Waals surface area contributed by atoms with Crippen LogP contribution in [0.1, 0.15) is 46.6 Å². The van der Waals surface area contributed by atoms with Crippen LogP contribution in [0.25, 0.3) is 11.0 Å². The van der Waals surface area contributed by atoms with Gasteiger partial charge < -0.3 is 19.9 Å². The number of anilines is 3. The summed E-state index contributed by atoms with van der Waals surface area (Å²) >= 11 is 0. The molecule has 4 rings (SSSR count). The van der Waals surface area contributed by atoms with Crippen LogP contribution >= 0.6 is 0 Å². The molecule has 0 radical (unpaired) electrons. The van der Waals surface area contributed by atoms with Crippen LogP contribution < -0.4 is 15.4 Å². The molecule has 2 aromatic heterocycles. The fraction of sp³-hybridized carbons (Fsp3) is 0.367. The lowest BCUT2D eigenvalue weighted by molar-refractivity contribution is -0.117. The van der Waals surface area contributed by atoms with E-state index in [9.17, 15) is 4.79 Å². The number of amides is 1. The molecule has 0 aliphatic heterocycles. The molecular formula is C30H38N6O2. The maximum atomic E-state index is 12.5. The van der Waals surface area contributed by atoms with Crippen molar-refractivity contribution in [2.75, 3.05) is 30.3 Å². The standard InChI is InChI=1S/C30H38N6O2/c1-7-16-36(8-2)20-28(37)34-27-19-24(14-15-31-27)38-23-12-13-26-25(18-23)33-29(35(26)6)32-22-11-9-10-21(17-22)30(3,4)5/h9-15,17-19H,7-8,16,20H2,1-6H3,(H,32,33)(H,31,34,37). The maximum Gasteiger partial charge on any atom is 0.239 e. The topological polar surface area (TPSA) is 84.3 Å². The van der Waals surface area contributed by atoms with Crippen molar-refractivity contribution in [2.24, 2.45) is 7.05 Å². The number of carbonyl (C=O) groups is 1. The number of rotatable bonds is 10. The number of ether oxygens (including phenoxy) is 1. The predicted octanol–water partition coefficient (Wildman–Crippen LogP) is 6.47. The third kappa shape index (κ3) is 6.69. The summed E-state index contributed by atoms with van der Waals surface area (Å²) in [7, 11) is 1.99. The van der Waals surface area contributed by atoms with Gasteiger partial charge in [-0.15, -0.1) is 0 Å². The zero-order chi connectivity index (χ0) is 27.3. The highest BCUT2D eigenvalue weighted by atomic mass is 16.5. The van der Waals surface area contributed by atoms with Crippen LogP contribution in [0.3, 0.4) is 0 Å². The summed E-state index contributed by atoms with van der Waals surface area (Å²) in [5.74, 6) is 2.36. The Labute approximate surface area is 225 Å². The molecule has 2 heterocycles. The van der Waals surface area contributed by atoms with Crippen LogP contribution in [0, 0.1) is 0 Å². The molecule has 2 N–H and O–H groups in total. The first kappa shape index (κ1) is 27.1. The first-order chi connectivity index (χ1) is 18.2. The molecule has 4 aromatic rings. The summed E-state index contributed by atoms with van der Waals surface area (Å²) in [6.07, 6.45) is 2.63. The van der Waals surface area contributed by atoms with Crippen molar-refractivity contribution in [3.63, 3.8) is 0 Å². The third-order valence-corrected chi connectivity index (χ3v) is 6.43. The van der Waals surface area contributed by atoms with Crippen LogP contribution in [0.2, 0.25) is 0 Å². The molecule has 0 aliphatic rings. The van der Waals surface area contributed by atoms with Gasteiger partial charge in [-0.3, -0.25) is 9.69 Å². The Morgan fingerprint density at radius 2 is 1.84 bits per heavy atom. The van der Waals surface area contributed by atoms with Gasteiger partial charge in [-0.05, 0) is 60.8 Å². The van der Waals surface area contributed by atoms with Crippen molar-refractivity contribution in [3.05, 3.63) is 66.4 Å². The Hall–Kier alpha value is -3.91. The molecule has 0 aliphatic carbocycles. The number of aryl methyl sites for hydroxylation is 1. The zero-order valence-corrected chi connectivity index (χ0v) is 23.2. The van der Waals surface area contributed by atoms with Gasteiger partial charge in [-0.2, -0.15) is 0 Å². The molecular weight excluding hydrogens is 476 g/mol. The Morgan fingerprint density at radius 1 is 1.05 bits per heavy atom. The quantitative estimate of drug-likeness (QED) is 0.252. The van der Waals surface area contributed by atoms with Gasteiger partial charge in [0.1, 0.15) is 17.3 Å². The lowest BCUT2D eigenvalue weighted by Crippen LogP contribution is -2.33. The van der Waals surface area contributed by atoms with Crippen molar-refractivity contribution >= 4 is 34.4 Å². The van der Waals surface area contributed by atoms with E-state index in [0.717, 1.165) is 42.2 Å². The van der Waals surface area contributed by atoms with Crippen molar-refractivity contribution in [1.29, 1.82) is 0 Å². The Bertz CT molecular complexity index is 1410. The number of fused-ring (bicyclic) bond motifs is 1. The molecule has 200 valence electrons. The number of imidazole rings is 1. The fourth-order valence-electron chi connectivity index (χ4n) is 4.28. The van der Waals surface area contributed by atoms with Crippen LogP contribution in [0.15, 0.2) is 60.8 Å². The zero-order valence-electron chi connectivity index (χ0n) is 23.2. The minimum atomic E-state index is -0.0899. The summed E-state index contributed by atoms with van der Waals surface area (Å²) in [5, 5.41) is 6.33. The maximum absolute atomic E-state index is 12.5. The first-order valence-electron chi connectivity index (χ1n) is 13.2. The second-order valence-corrected chi connectivity index (χ2v) is 10.5. The second kappa shape index (κ2) is 11.6.